The van der Waals surface area contributed by atoms with Crippen LogP contribution in [0.1, 0.15) is 25.8 Å². The normalized spacial score (nSPS) is 23.9. The van der Waals surface area contributed by atoms with E-state index in [2.05, 4.69) is 13.8 Å². The van der Waals surface area contributed by atoms with Gasteiger partial charge in [-0.3, -0.25) is 0 Å². The molecule has 0 aromatic heterocycles. The van der Waals surface area contributed by atoms with Crippen molar-refractivity contribution in [2.45, 2.75) is 26.4 Å². The zero-order chi connectivity index (χ0) is 11.8. The molecule has 1 atom stereocenters. The molecule has 0 saturated heterocycles. The van der Waals surface area contributed by atoms with Crippen molar-refractivity contribution in [1.82, 2.24) is 0 Å². The minimum absolute atomic E-state index is 0.0607. The zero-order valence-corrected chi connectivity index (χ0v) is 9.77. The van der Waals surface area contributed by atoms with Gasteiger partial charge in [0.1, 0.15) is 0 Å². The monoisotopic (exact) mass is 218 g/mol. The highest BCUT2D eigenvalue weighted by Gasteiger charge is 2.38. The SMILES string of the molecule is CC1(C)C[C@H](O)C(CO)=C1c1ccccc1. The third kappa shape index (κ3) is 1.79. The first kappa shape index (κ1) is 11.4. The first-order valence-electron chi connectivity index (χ1n) is 5.64. The molecule has 0 unspecified atom stereocenters. The van der Waals surface area contributed by atoms with Gasteiger partial charge >= 0.3 is 0 Å². The summed E-state index contributed by atoms with van der Waals surface area (Å²) in [6, 6.07) is 10.0. The number of aliphatic hydroxyl groups is 2. The molecule has 0 radical (unpaired) electrons. The Morgan fingerprint density at radius 3 is 2.44 bits per heavy atom. The Labute approximate surface area is 96.2 Å². The van der Waals surface area contributed by atoms with Crippen LogP contribution in [-0.2, 0) is 0 Å². The molecule has 16 heavy (non-hydrogen) atoms. The van der Waals surface area contributed by atoms with Gasteiger partial charge in [-0.1, -0.05) is 44.2 Å². The first-order chi connectivity index (χ1) is 7.56. The van der Waals surface area contributed by atoms with E-state index in [0.29, 0.717) is 6.42 Å². The molecule has 1 aromatic carbocycles. The number of hydrogen-bond acceptors (Lipinski definition) is 2. The molecular weight excluding hydrogens is 200 g/mol. The molecule has 0 heterocycles. The summed E-state index contributed by atoms with van der Waals surface area (Å²) in [6.07, 6.45) is 0.183. The van der Waals surface area contributed by atoms with Crippen molar-refractivity contribution in [3.05, 3.63) is 41.5 Å². The molecule has 1 aliphatic rings. The van der Waals surface area contributed by atoms with E-state index in [1.807, 2.05) is 30.3 Å². The molecule has 0 amide bonds. The van der Waals surface area contributed by atoms with Gasteiger partial charge in [-0.05, 0) is 28.5 Å². The van der Waals surface area contributed by atoms with Crippen molar-refractivity contribution in [1.29, 1.82) is 0 Å². The average molecular weight is 218 g/mol. The van der Waals surface area contributed by atoms with Crippen molar-refractivity contribution in [2.24, 2.45) is 5.41 Å². The summed E-state index contributed by atoms with van der Waals surface area (Å²) in [4.78, 5) is 0. The summed E-state index contributed by atoms with van der Waals surface area (Å²) >= 11 is 0. The number of aliphatic hydroxyl groups excluding tert-OH is 2. The summed E-state index contributed by atoms with van der Waals surface area (Å²) in [7, 11) is 0. The van der Waals surface area contributed by atoms with E-state index in [1.54, 1.807) is 0 Å². The van der Waals surface area contributed by atoms with Crippen molar-refractivity contribution < 1.29 is 10.2 Å². The summed E-state index contributed by atoms with van der Waals surface area (Å²) in [5, 5.41) is 19.3. The van der Waals surface area contributed by atoms with Gasteiger partial charge in [-0.2, -0.15) is 0 Å². The van der Waals surface area contributed by atoms with Gasteiger partial charge in [0.15, 0.2) is 0 Å². The molecule has 1 aromatic rings. The van der Waals surface area contributed by atoms with Crippen LogP contribution in [0.25, 0.3) is 5.57 Å². The summed E-state index contributed by atoms with van der Waals surface area (Å²) in [5.74, 6) is 0. The van der Waals surface area contributed by atoms with Crippen molar-refractivity contribution in [3.63, 3.8) is 0 Å². The lowest BCUT2D eigenvalue weighted by atomic mass is 9.81. The van der Waals surface area contributed by atoms with E-state index in [1.165, 1.54) is 0 Å². The number of allylic oxidation sites excluding steroid dienone is 1. The predicted molar refractivity (Wildman–Crippen MR) is 64.9 cm³/mol. The van der Waals surface area contributed by atoms with Gasteiger partial charge < -0.3 is 10.2 Å². The summed E-state index contributed by atoms with van der Waals surface area (Å²) in [5.41, 5.74) is 2.91. The van der Waals surface area contributed by atoms with E-state index in [-0.39, 0.29) is 12.0 Å². The van der Waals surface area contributed by atoms with Crippen molar-refractivity contribution >= 4 is 5.57 Å². The van der Waals surface area contributed by atoms with Crippen LogP contribution in [0, 0.1) is 5.41 Å². The van der Waals surface area contributed by atoms with Crippen LogP contribution in [0.3, 0.4) is 0 Å². The Morgan fingerprint density at radius 1 is 1.25 bits per heavy atom. The van der Waals surface area contributed by atoms with Gasteiger partial charge in [-0.25, -0.2) is 0 Å². The second kappa shape index (κ2) is 4.04. The lowest BCUT2D eigenvalue weighted by Crippen LogP contribution is -2.12. The van der Waals surface area contributed by atoms with Crippen molar-refractivity contribution in [3.8, 4) is 0 Å². The highest BCUT2D eigenvalue weighted by molar-refractivity contribution is 5.76. The Bertz CT molecular complexity index is 404. The van der Waals surface area contributed by atoms with Crippen molar-refractivity contribution in [2.75, 3.05) is 6.61 Å². The van der Waals surface area contributed by atoms with Crippen LogP contribution in [0.2, 0.25) is 0 Å². The van der Waals surface area contributed by atoms with Gasteiger partial charge in [0.25, 0.3) is 0 Å². The Kier molecular flexibility index (Phi) is 2.87. The van der Waals surface area contributed by atoms with E-state index < -0.39 is 6.10 Å². The van der Waals surface area contributed by atoms with Crippen LogP contribution in [0.15, 0.2) is 35.9 Å². The van der Waals surface area contributed by atoms with Crippen LogP contribution in [0.4, 0.5) is 0 Å². The molecule has 0 aliphatic heterocycles. The maximum atomic E-state index is 9.94. The molecule has 0 bridgehead atoms. The molecule has 86 valence electrons. The minimum Gasteiger partial charge on any atom is -0.392 e. The molecule has 1 aliphatic carbocycles. The van der Waals surface area contributed by atoms with Gasteiger partial charge in [0, 0.05) is 0 Å². The maximum absolute atomic E-state index is 9.94. The minimum atomic E-state index is -0.504. The lowest BCUT2D eigenvalue weighted by Gasteiger charge is -2.23. The standard InChI is InChI=1S/C14H18O2/c1-14(2)8-12(16)11(9-15)13(14)10-6-4-3-5-7-10/h3-7,12,15-16H,8-9H2,1-2H3/t12-/m0/s1. The Balaban J connectivity index is 2.54. The van der Waals surface area contributed by atoms with Crippen LogP contribution in [0.5, 0.6) is 0 Å². The quantitative estimate of drug-likeness (QED) is 0.799. The second-order valence-corrected chi connectivity index (χ2v) is 5.03. The van der Waals surface area contributed by atoms with E-state index >= 15 is 0 Å². The smallest absolute Gasteiger partial charge is 0.0786 e. The lowest BCUT2D eigenvalue weighted by molar-refractivity contribution is 0.169. The molecule has 2 heteroatoms. The van der Waals surface area contributed by atoms with Gasteiger partial charge in [-0.15, -0.1) is 0 Å². The number of hydrogen-bond donors (Lipinski definition) is 2. The molecule has 2 rings (SSSR count). The fourth-order valence-corrected chi connectivity index (χ4v) is 2.68. The Hall–Kier alpha value is -1.12. The zero-order valence-electron chi connectivity index (χ0n) is 9.77. The third-order valence-corrected chi connectivity index (χ3v) is 3.34. The molecule has 2 N–H and O–H groups in total. The number of benzene rings is 1. The second-order valence-electron chi connectivity index (χ2n) is 5.03. The molecule has 0 fully saturated rings. The third-order valence-electron chi connectivity index (χ3n) is 3.34. The predicted octanol–water partition coefficient (Wildman–Crippen LogP) is 2.22. The van der Waals surface area contributed by atoms with Crippen LogP contribution >= 0.6 is 0 Å². The van der Waals surface area contributed by atoms with E-state index in [9.17, 15) is 10.2 Å². The van der Waals surface area contributed by atoms with Gasteiger partial charge in [0.2, 0.25) is 0 Å². The fourth-order valence-electron chi connectivity index (χ4n) is 2.68. The maximum Gasteiger partial charge on any atom is 0.0786 e. The highest BCUT2D eigenvalue weighted by atomic mass is 16.3. The number of rotatable bonds is 2. The topological polar surface area (TPSA) is 40.5 Å². The van der Waals surface area contributed by atoms with E-state index in [0.717, 1.165) is 16.7 Å². The van der Waals surface area contributed by atoms with Crippen LogP contribution in [-0.4, -0.2) is 22.9 Å². The highest BCUT2D eigenvalue weighted by Crippen LogP contribution is 2.47. The molecule has 0 spiro atoms. The largest absolute Gasteiger partial charge is 0.392 e. The molecule has 0 saturated carbocycles. The molecule has 2 nitrogen and oxygen atoms in total. The van der Waals surface area contributed by atoms with Gasteiger partial charge in [0.05, 0.1) is 12.7 Å². The molecular formula is C14H18O2. The van der Waals surface area contributed by atoms with E-state index in [4.69, 9.17) is 0 Å². The average Bonchev–Trinajstić information content (AvgIpc) is 2.48. The van der Waals surface area contributed by atoms with Crippen LogP contribution < -0.4 is 0 Å². The summed E-state index contributed by atoms with van der Waals surface area (Å²) < 4.78 is 0. The Morgan fingerprint density at radius 2 is 1.88 bits per heavy atom. The first-order valence-corrected chi connectivity index (χ1v) is 5.64. The summed E-state index contributed by atoms with van der Waals surface area (Å²) in [6.45, 7) is 4.16. The fraction of sp³-hybridized carbons (Fsp3) is 0.429.